The van der Waals surface area contributed by atoms with E-state index in [0.29, 0.717) is 21.9 Å². The number of thioether (sulfide) groups is 1. The minimum atomic E-state index is 0.251. The Morgan fingerprint density at radius 3 is 2.50 bits per heavy atom. The molecule has 1 aromatic heterocycles. The number of hydrogen-bond acceptors (Lipinski definition) is 6. The van der Waals surface area contributed by atoms with Gasteiger partial charge in [-0.05, 0) is 30.5 Å². The van der Waals surface area contributed by atoms with Gasteiger partial charge in [0.05, 0.1) is 0 Å². The van der Waals surface area contributed by atoms with E-state index in [9.17, 15) is 0 Å². The van der Waals surface area contributed by atoms with Crippen molar-refractivity contribution < 1.29 is 4.74 Å². The molecule has 2 rings (SSSR count). The number of rotatable bonds is 4. The summed E-state index contributed by atoms with van der Waals surface area (Å²) in [6.07, 6.45) is 1.89. The molecule has 0 atom stereocenters. The van der Waals surface area contributed by atoms with Crippen molar-refractivity contribution in [2.45, 2.75) is 5.16 Å². The molecule has 1 N–H and O–H groups in total. The lowest BCUT2D eigenvalue weighted by atomic mass is 10.3. The first-order valence-electron chi connectivity index (χ1n) is 5.12. The minimum Gasteiger partial charge on any atom is -0.424 e. The molecule has 0 aliphatic rings. The summed E-state index contributed by atoms with van der Waals surface area (Å²) in [4.78, 5) is 12.4. The molecule has 0 aliphatic heterocycles. The van der Waals surface area contributed by atoms with Gasteiger partial charge in [0.2, 0.25) is 5.95 Å². The van der Waals surface area contributed by atoms with Crippen LogP contribution in [-0.4, -0.2) is 28.3 Å². The van der Waals surface area contributed by atoms with Crippen molar-refractivity contribution in [2.75, 3.05) is 18.6 Å². The lowest BCUT2D eigenvalue weighted by Gasteiger charge is -2.06. The highest BCUT2D eigenvalue weighted by molar-refractivity contribution is 7.98. The lowest BCUT2D eigenvalue weighted by Crippen LogP contribution is -2.02. The van der Waals surface area contributed by atoms with E-state index < -0.39 is 0 Å². The highest BCUT2D eigenvalue weighted by atomic mass is 35.5. The Balaban J connectivity index is 2.25. The molecule has 18 heavy (non-hydrogen) atoms. The van der Waals surface area contributed by atoms with E-state index in [2.05, 4.69) is 20.3 Å². The first-order chi connectivity index (χ1) is 8.71. The minimum absolute atomic E-state index is 0.251. The summed E-state index contributed by atoms with van der Waals surface area (Å²) in [7, 11) is 1.74. The van der Waals surface area contributed by atoms with Gasteiger partial charge in [-0.2, -0.15) is 15.0 Å². The molecule has 0 amide bonds. The van der Waals surface area contributed by atoms with Crippen LogP contribution >= 0.6 is 23.4 Å². The lowest BCUT2D eigenvalue weighted by molar-refractivity contribution is 0.434. The molecule has 0 fully saturated rings. The maximum atomic E-state index is 5.80. The van der Waals surface area contributed by atoms with Crippen molar-refractivity contribution in [3.8, 4) is 11.8 Å². The van der Waals surface area contributed by atoms with Crippen molar-refractivity contribution >= 4 is 29.3 Å². The molecular formula is C11H11ClN4OS. The van der Waals surface area contributed by atoms with E-state index in [1.54, 1.807) is 31.3 Å². The molecule has 94 valence electrons. The zero-order chi connectivity index (χ0) is 13.0. The average molecular weight is 283 g/mol. The second-order valence-corrected chi connectivity index (χ2v) is 4.44. The zero-order valence-electron chi connectivity index (χ0n) is 9.85. The molecule has 1 aromatic carbocycles. The molecule has 0 unspecified atom stereocenters. The molecule has 0 spiro atoms. The maximum Gasteiger partial charge on any atom is 0.327 e. The molecule has 7 heteroatoms. The summed E-state index contributed by atoms with van der Waals surface area (Å²) >= 11 is 7.22. The molecule has 0 bridgehead atoms. The topological polar surface area (TPSA) is 59.9 Å². The van der Waals surface area contributed by atoms with Gasteiger partial charge in [0.1, 0.15) is 5.75 Å². The van der Waals surface area contributed by atoms with Crippen LogP contribution in [0.15, 0.2) is 29.4 Å². The molecule has 5 nitrogen and oxygen atoms in total. The summed E-state index contributed by atoms with van der Waals surface area (Å²) in [5.41, 5.74) is 0. The molecule has 0 saturated heterocycles. The third-order valence-electron chi connectivity index (χ3n) is 2.02. The largest absolute Gasteiger partial charge is 0.424 e. The number of anilines is 1. The molecule has 2 aromatic rings. The van der Waals surface area contributed by atoms with Crippen LogP contribution < -0.4 is 10.1 Å². The maximum absolute atomic E-state index is 5.80. The second-order valence-electron chi connectivity index (χ2n) is 3.23. The molecule has 0 saturated carbocycles. The van der Waals surface area contributed by atoms with E-state index in [1.165, 1.54) is 11.8 Å². The van der Waals surface area contributed by atoms with Crippen LogP contribution in [0.25, 0.3) is 0 Å². The highest BCUT2D eigenvalue weighted by Gasteiger charge is 2.06. The zero-order valence-corrected chi connectivity index (χ0v) is 11.4. The fourth-order valence-electron chi connectivity index (χ4n) is 1.19. The molecule has 0 radical (unpaired) electrons. The second kappa shape index (κ2) is 5.88. The number of ether oxygens (including phenoxy) is 1. The van der Waals surface area contributed by atoms with E-state index >= 15 is 0 Å². The van der Waals surface area contributed by atoms with Crippen LogP contribution in [0.2, 0.25) is 5.02 Å². The van der Waals surface area contributed by atoms with Crippen molar-refractivity contribution in [3.05, 3.63) is 29.3 Å². The Bertz CT molecular complexity index is 513. The van der Waals surface area contributed by atoms with Gasteiger partial charge in [-0.1, -0.05) is 23.4 Å². The van der Waals surface area contributed by atoms with Crippen LogP contribution in [0, 0.1) is 0 Å². The van der Waals surface area contributed by atoms with Gasteiger partial charge >= 0.3 is 6.01 Å². The third-order valence-corrected chi connectivity index (χ3v) is 2.82. The van der Waals surface area contributed by atoms with Crippen LogP contribution in [0.4, 0.5) is 5.95 Å². The highest BCUT2D eigenvalue weighted by Crippen LogP contribution is 2.22. The standard InChI is InChI=1S/C11H11ClN4OS/c1-13-9-14-10(16-11(15-9)18-2)17-8-5-3-7(12)4-6-8/h3-6H,1-2H3,(H,13,14,15,16). The molecule has 1 heterocycles. The van der Waals surface area contributed by atoms with Crippen LogP contribution in [0.3, 0.4) is 0 Å². The normalized spacial score (nSPS) is 10.2. The van der Waals surface area contributed by atoms with Crippen molar-refractivity contribution in [3.63, 3.8) is 0 Å². The molecule has 0 aliphatic carbocycles. The average Bonchev–Trinajstić information content (AvgIpc) is 2.41. The summed E-state index contributed by atoms with van der Waals surface area (Å²) in [6, 6.07) is 7.24. The predicted octanol–water partition coefficient (Wildman–Crippen LogP) is 3.08. The Morgan fingerprint density at radius 1 is 1.17 bits per heavy atom. The van der Waals surface area contributed by atoms with E-state index in [-0.39, 0.29) is 6.01 Å². The predicted molar refractivity (Wildman–Crippen MR) is 72.7 cm³/mol. The third kappa shape index (κ3) is 3.24. The number of aromatic nitrogens is 3. The first kappa shape index (κ1) is 12.9. The number of benzene rings is 1. The Labute approximate surface area is 114 Å². The summed E-state index contributed by atoms with van der Waals surface area (Å²) in [5, 5.41) is 4.11. The van der Waals surface area contributed by atoms with E-state index in [4.69, 9.17) is 16.3 Å². The monoisotopic (exact) mass is 282 g/mol. The SMILES string of the molecule is CNc1nc(Oc2ccc(Cl)cc2)nc(SC)n1. The fraction of sp³-hybridized carbons (Fsp3) is 0.182. The number of nitrogens with zero attached hydrogens (tertiary/aromatic N) is 3. The van der Waals surface area contributed by atoms with Gasteiger partial charge in [0.25, 0.3) is 0 Å². The van der Waals surface area contributed by atoms with Crippen LogP contribution in [-0.2, 0) is 0 Å². The number of halogens is 1. The van der Waals surface area contributed by atoms with Crippen molar-refractivity contribution in [1.82, 2.24) is 15.0 Å². The van der Waals surface area contributed by atoms with E-state index in [0.717, 1.165) is 0 Å². The van der Waals surface area contributed by atoms with Gasteiger partial charge in [-0.3, -0.25) is 0 Å². The Kier molecular flexibility index (Phi) is 4.22. The molecular weight excluding hydrogens is 272 g/mol. The number of hydrogen-bond donors (Lipinski definition) is 1. The Morgan fingerprint density at radius 2 is 1.89 bits per heavy atom. The van der Waals surface area contributed by atoms with Crippen LogP contribution in [0.5, 0.6) is 11.8 Å². The van der Waals surface area contributed by atoms with Gasteiger partial charge in [-0.25, -0.2) is 0 Å². The van der Waals surface area contributed by atoms with Crippen molar-refractivity contribution in [2.24, 2.45) is 0 Å². The Hall–Kier alpha value is -1.53. The smallest absolute Gasteiger partial charge is 0.327 e. The number of nitrogens with one attached hydrogen (secondary N) is 1. The van der Waals surface area contributed by atoms with Gasteiger partial charge in [-0.15, -0.1) is 0 Å². The van der Waals surface area contributed by atoms with E-state index in [1.807, 2.05) is 6.26 Å². The van der Waals surface area contributed by atoms with Crippen LogP contribution in [0.1, 0.15) is 0 Å². The van der Waals surface area contributed by atoms with Gasteiger partial charge in [0, 0.05) is 12.1 Å². The van der Waals surface area contributed by atoms with Crippen molar-refractivity contribution in [1.29, 1.82) is 0 Å². The summed E-state index contributed by atoms with van der Waals surface area (Å²) in [6.45, 7) is 0. The summed E-state index contributed by atoms with van der Waals surface area (Å²) < 4.78 is 5.54. The summed E-state index contributed by atoms with van der Waals surface area (Å²) in [5.74, 6) is 1.10. The van der Waals surface area contributed by atoms with Gasteiger partial charge < -0.3 is 10.1 Å². The fourth-order valence-corrected chi connectivity index (χ4v) is 1.67. The van der Waals surface area contributed by atoms with Gasteiger partial charge in [0.15, 0.2) is 5.16 Å². The first-order valence-corrected chi connectivity index (χ1v) is 6.73. The quantitative estimate of drug-likeness (QED) is 0.870.